The second-order valence-corrected chi connectivity index (χ2v) is 3.55. The van der Waals surface area contributed by atoms with Crippen molar-refractivity contribution in [3.8, 4) is 0 Å². The van der Waals surface area contributed by atoms with Crippen molar-refractivity contribution in [2.45, 2.75) is 39.7 Å². The largest absolute Gasteiger partial charge is 0.504 e. The van der Waals surface area contributed by atoms with Gasteiger partial charge in [-0.15, -0.1) is 0 Å². The molecule has 0 saturated carbocycles. The van der Waals surface area contributed by atoms with E-state index in [9.17, 15) is 5.11 Å². The first-order valence-corrected chi connectivity index (χ1v) is 4.44. The molecule has 72 valence electrons. The third-order valence-corrected chi connectivity index (χ3v) is 1.92. The highest BCUT2D eigenvalue weighted by atomic mass is 16.5. The zero-order valence-electron chi connectivity index (χ0n) is 8.50. The van der Waals surface area contributed by atoms with Gasteiger partial charge >= 0.3 is 0 Å². The number of ether oxygens (including phenoxy) is 1. The molecule has 0 fully saturated rings. The minimum Gasteiger partial charge on any atom is -0.504 e. The Labute approximate surface area is 75.2 Å². The number of hydrogen-bond donors (Lipinski definition) is 1. The number of rotatable bonds is 5. The van der Waals surface area contributed by atoms with Crippen molar-refractivity contribution >= 4 is 0 Å². The summed E-state index contributed by atoms with van der Waals surface area (Å²) in [7, 11) is 1.64. The zero-order chi connectivity index (χ0) is 9.56. The first-order valence-electron chi connectivity index (χ1n) is 4.44. The number of allylic oxidation sites excluding steroid dienone is 1. The smallest absolute Gasteiger partial charge is 0.0813 e. The fourth-order valence-corrected chi connectivity index (χ4v) is 0.969. The SMILES string of the molecule is CO/C=C(\C)CCC(O)C(C)C. The molecule has 0 amide bonds. The summed E-state index contributed by atoms with van der Waals surface area (Å²) >= 11 is 0. The summed E-state index contributed by atoms with van der Waals surface area (Å²) in [6.07, 6.45) is 3.27. The normalized spacial score (nSPS) is 15.0. The van der Waals surface area contributed by atoms with Gasteiger partial charge in [0.1, 0.15) is 0 Å². The lowest BCUT2D eigenvalue weighted by molar-refractivity contribution is 0.116. The molecule has 0 aromatic carbocycles. The van der Waals surface area contributed by atoms with Gasteiger partial charge in [0.05, 0.1) is 19.5 Å². The van der Waals surface area contributed by atoms with Gasteiger partial charge in [-0.25, -0.2) is 0 Å². The second kappa shape index (κ2) is 6.06. The van der Waals surface area contributed by atoms with E-state index in [1.807, 2.05) is 20.8 Å². The number of methoxy groups -OCH3 is 1. The molecule has 1 N–H and O–H groups in total. The fraction of sp³-hybridized carbons (Fsp3) is 0.800. The Hall–Kier alpha value is -0.500. The molecule has 0 heterocycles. The van der Waals surface area contributed by atoms with Crippen molar-refractivity contribution < 1.29 is 9.84 Å². The molecule has 0 aromatic rings. The Kier molecular flexibility index (Phi) is 5.81. The Bertz CT molecular complexity index is 139. The molecule has 0 saturated heterocycles. The van der Waals surface area contributed by atoms with Gasteiger partial charge in [0.15, 0.2) is 0 Å². The summed E-state index contributed by atoms with van der Waals surface area (Å²) < 4.78 is 4.85. The summed E-state index contributed by atoms with van der Waals surface area (Å²) in [4.78, 5) is 0. The van der Waals surface area contributed by atoms with Gasteiger partial charge in [0.2, 0.25) is 0 Å². The average molecular weight is 172 g/mol. The van der Waals surface area contributed by atoms with Crippen molar-refractivity contribution in [1.82, 2.24) is 0 Å². The molecule has 2 heteroatoms. The average Bonchev–Trinajstić information content (AvgIpc) is 2.00. The van der Waals surface area contributed by atoms with E-state index in [0.717, 1.165) is 12.8 Å². The maximum absolute atomic E-state index is 9.48. The number of hydrogen-bond acceptors (Lipinski definition) is 2. The van der Waals surface area contributed by atoms with Crippen molar-refractivity contribution in [1.29, 1.82) is 0 Å². The van der Waals surface area contributed by atoms with Gasteiger partial charge < -0.3 is 9.84 Å². The summed E-state index contributed by atoms with van der Waals surface area (Å²) in [5.74, 6) is 0.348. The molecule has 0 bridgehead atoms. The quantitative estimate of drug-likeness (QED) is 0.645. The molecule has 0 aliphatic heterocycles. The minimum atomic E-state index is -0.190. The molecule has 0 aromatic heterocycles. The van der Waals surface area contributed by atoms with Crippen molar-refractivity contribution in [2.24, 2.45) is 5.92 Å². The molecule has 0 aliphatic carbocycles. The Morgan fingerprint density at radius 3 is 2.50 bits per heavy atom. The van der Waals surface area contributed by atoms with E-state index in [0.29, 0.717) is 5.92 Å². The molecular weight excluding hydrogens is 152 g/mol. The third-order valence-electron chi connectivity index (χ3n) is 1.92. The molecule has 0 radical (unpaired) electrons. The standard InChI is InChI=1S/C10H20O2/c1-8(2)10(11)6-5-9(3)7-12-4/h7-8,10-11H,5-6H2,1-4H3/b9-7+. The lowest BCUT2D eigenvalue weighted by Gasteiger charge is -2.13. The van der Waals surface area contributed by atoms with Crippen LogP contribution in [0.3, 0.4) is 0 Å². The third kappa shape index (κ3) is 5.19. The van der Waals surface area contributed by atoms with Gasteiger partial charge in [-0.1, -0.05) is 13.8 Å². The predicted molar refractivity (Wildman–Crippen MR) is 50.8 cm³/mol. The van der Waals surface area contributed by atoms with Crippen molar-refractivity contribution in [3.05, 3.63) is 11.8 Å². The van der Waals surface area contributed by atoms with Crippen LogP contribution in [0.1, 0.15) is 33.6 Å². The summed E-state index contributed by atoms with van der Waals surface area (Å²) in [6.45, 7) is 6.07. The molecular formula is C10H20O2. The first-order chi connectivity index (χ1) is 5.57. The van der Waals surface area contributed by atoms with Crippen LogP contribution in [-0.4, -0.2) is 18.3 Å². The van der Waals surface area contributed by atoms with Gasteiger partial charge in [0, 0.05) is 0 Å². The topological polar surface area (TPSA) is 29.5 Å². The molecule has 1 unspecified atom stereocenters. The Morgan fingerprint density at radius 2 is 2.08 bits per heavy atom. The van der Waals surface area contributed by atoms with Crippen LogP contribution >= 0.6 is 0 Å². The molecule has 0 rings (SSSR count). The van der Waals surface area contributed by atoms with Gasteiger partial charge in [-0.2, -0.15) is 0 Å². The highest BCUT2D eigenvalue weighted by molar-refractivity contribution is 4.93. The highest BCUT2D eigenvalue weighted by Gasteiger charge is 2.08. The maximum atomic E-state index is 9.48. The van der Waals surface area contributed by atoms with E-state index in [1.54, 1.807) is 13.4 Å². The van der Waals surface area contributed by atoms with E-state index in [4.69, 9.17) is 4.74 Å². The van der Waals surface area contributed by atoms with Crippen molar-refractivity contribution in [2.75, 3.05) is 7.11 Å². The first kappa shape index (κ1) is 11.5. The Morgan fingerprint density at radius 1 is 1.50 bits per heavy atom. The fourth-order valence-electron chi connectivity index (χ4n) is 0.969. The Balaban J connectivity index is 3.61. The second-order valence-electron chi connectivity index (χ2n) is 3.55. The minimum absolute atomic E-state index is 0.190. The lowest BCUT2D eigenvalue weighted by atomic mass is 10.0. The van der Waals surface area contributed by atoms with Crippen LogP contribution in [0.5, 0.6) is 0 Å². The van der Waals surface area contributed by atoms with Crippen LogP contribution in [0.25, 0.3) is 0 Å². The monoisotopic (exact) mass is 172 g/mol. The van der Waals surface area contributed by atoms with Crippen LogP contribution in [0.4, 0.5) is 0 Å². The maximum Gasteiger partial charge on any atom is 0.0813 e. The predicted octanol–water partition coefficient (Wildman–Crippen LogP) is 2.33. The summed E-state index contributed by atoms with van der Waals surface area (Å²) in [6, 6.07) is 0. The molecule has 0 spiro atoms. The van der Waals surface area contributed by atoms with Gasteiger partial charge in [0.25, 0.3) is 0 Å². The number of aliphatic hydroxyl groups is 1. The summed E-state index contributed by atoms with van der Waals surface area (Å²) in [5, 5.41) is 9.48. The van der Waals surface area contributed by atoms with E-state index in [-0.39, 0.29) is 6.10 Å². The number of aliphatic hydroxyl groups excluding tert-OH is 1. The van der Waals surface area contributed by atoms with Crippen LogP contribution in [0.2, 0.25) is 0 Å². The molecule has 12 heavy (non-hydrogen) atoms. The van der Waals surface area contributed by atoms with Gasteiger partial charge in [-0.3, -0.25) is 0 Å². The van der Waals surface area contributed by atoms with Crippen LogP contribution < -0.4 is 0 Å². The van der Waals surface area contributed by atoms with Crippen LogP contribution in [0, 0.1) is 5.92 Å². The molecule has 0 aliphatic rings. The zero-order valence-corrected chi connectivity index (χ0v) is 8.50. The van der Waals surface area contributed by atoms with E-state index in [1.165, 1.54) is 5.57 Å². The van der Waals surface area contributed by atoms with E-state index in [2.05, 4.69) is 0 Å². The van der Waals surface area contributed by atoms with Crippen LogP contribution in [-0.2, 0) is 4.74 Å². The van der Waals surface area contributed by atoms with Gasteiger partial charge in [-0.05, 0) is 31.3 Å². The van der Waals surface area contributed by atoms with E-state index < -0.39 is 0 Å². The van der Waals surface area contributed by atoms with Crippen LogP contribution in [0.15, 0.2) is 11.8 Å². The van der Waals surface area contributed by atoms with E-state index >= 15 is 0 Å². The molecule has 2 nitrogen and oxygen atoms in total. The molecule has 1 atom stereocenters. The summed E-state index contributed by atoms with van der Waals surface area (Å²) in [5.41, 5.74) is 1.18. The van der Waals surface area contributed by atoms with Crippen molar-refractivity contribution in [3.63, 3.8) is 0 Å². The highest BCUT2D eigenvalue weighted by Crippen LogP contribution is 2.12. The lowest BCUT2D eigenvalue weighted by Crippen LogP contribution is -2.14.